The van der Waals surface area contributed by atoms with Crippen LogP contribution in [0, 0.1) is 0 Å². The smallest absolute Gasteiger partial charge is 0.105 e. The molecule has 18 heavy (non-hydrogen) atoms. The molecule has 0 saturated carbocycles. The van der Waals surface area contributed by atoms with E-state index in [4.69, 9.17) is 4.42 Å². The van der Waals surface area contributed by atoms with E-state index in [-0.39, 0.29) is 0 Å². The summed E-state index contributed by atoms with van der Waals surface area (Å²) in [5.41, 5.74) is 2.59. The molecule has 1 aromatic carbocycles. The number of furan rings is 1. The highest BCUT2D eigenvalue weighted by molar-refractivity contribution is 5.53. The molecule has 0 radical (unpaired) electrons. The van der Waals surface area contributed by atoms with Crippen molar-refractivity contribution in [2.24, 2.45) is 0 Å². The van der Waals surface area contributed by atoms with Crippen LogP contribution in [-0.2, 0) is 6.42 Å². The van der Waals surface area contributed by atoms with Crippen molar-refractivity contribution in [2.75, 3.05) is 5.32 Å². The summed E-state index contributed by atoms with van der Waals surface area (Å²) in [5, 5.41) is 3.57. The van der Waals surface area contributed by atoms with Crippen LogP contribution < -0.4 is 5.32 Å². The lowest BCUT2D eigenvalue weighted by atomic mass is 10.0. The molecule has 1 aromatic heterocycles. The van der Waals surface area contributed by atoms with Gasteiger partial charge in [-0.3, -0.25) is 0 Å². The Morgan fingerprint density at radius 2 is 1.83 bits per heavy atom. The van der Waals surface area contributed by atoms with Gasteiger partial charge in [-0.15, -0.1) is 0 Å². The topological polar surface area (TPSA) is 25.2 Å². The fraction of sp³-hybridized carbons (Fsp3) is 0.375. The summed E-state index contributed by atoms with van der Waals surface area (Å²) in [6.45, 7) is 6.62. The van der Waals surface area contributed by atoms with Gasteiger partial charge in [-0.05, 0) is 36.6 Å². The number of para-hydroxylation sites is 1. The fourth-order valence-corrected chi connectivity index (χ4v) is 2.18. The van der Waals surface area contributed by atoms with Gasteiger partial charge in [0, 0.05) is 18.2 Å². The largest absolute Gasteiger partial charge is 0.469 e. The second-order valence-electron chi connectivity index (χ2n) is 5.07. The summed E-state index contributed by atoms with van der Waals surface area (Å²) in [6.07, 6.45) is 2.63. The van der Waals surface area contributed by atoms with Crippen LogP contribution in [0.15, 0.2) is 47.1 Å². The highest BCUT2D eigenvalue weighted by Crippen LogP contribution is 2.24. The third kappa shape index (κ3) is 3.16. The van der Waals surface area contributed by atoms with E-state index in [0.29, 0.717) is 12.0 Å². The van der Waals surface area contributed by atoms with E-state index in [1.165, 1.54) is 11.3 Å². The van der Waals surface area contributed by atoms with E-state index in [1.807, 2.05) is 12.1 Å². The fourth-order valence-electron chi connectivity index (χ4n) is 2.18. The molecule has 0 aliphatic rings. The van der Waals surface area contributed by atoms with E-state index in [1.54, 1.807) is 6.26 Å². The molecule has 0 fully saturated rings. The van der Waals surface area contributed by atoms with E-state index in [0.717, 1.165) is 12.2 Å². The molecule has 1 N–H and O–H groups in total. The molecule has 2 nitrogen and oxygen atoms in total. The van der Waals surface area contributed by atoms with E-state index in [9.17, 15) is 0 Å². The Morgan fingerprint density at radius 3 is 2.50 bits per heavy atom. The maximum absolute atomic E-state index is 5.38. The quantitative estimate of drug-likeness (QED) is 0.839. The minimum atomic E-state index is 0.357. The van der Waals surface area contributed by atoms with Crippen molar-refractivity contribution in [2.45, 2.75) is 39.2 Å². The van der Waals surface area contributed by atoms with Gasteiger partial charge in [-0.25, -0.2) is 0 Å². The molecular formula is C16H21NO. The van der Waals surface area contributed by atoms with Crippen molar-refractivity contribution >= 4 is 5.69 Å². The van der Waals surface area contributed by atoms with Crippen LogP contribution in [0.1, 0.15) is 38.0 Å². The van der Waals surface area contributed by atoms with Crippen molar-refractivity contribution in [3.8, 4) is 0 Å². The molecule has 96 valence electrons. The maximum Gasteiger partial charge on any atom is 0.105 e. The zero-order chi connectivity index (χ0) is 13.0. The van der Waals surface area contributed by atoms with E-state index < -0.39 is 0 Å². The minimum absolute atomic E-state index is 0.357. The average Bonchev–Trinajstić information content (AvgIpc) is 2.82. The van der Waals surface area contributed by atoms with Gasteiger partial charge in [0.25, 0.3) is 0 Å². The van der Waals surface area contributed by atoms with Gasteiger partial charge in [0.1, 0.15) is 5.76 Å². The Morgan fingerprint density at radius 1 is 1.06 bits per heavy atom. The first kappa shape index (κ1) is 12.7. The molecule has 0 aliphatic heterocycles. The van der Waals surface area contributed by atoms with Crippen LogP contribution in [-0.4, -0.2) is 6.04 Å². The van der Waals surface area contributed by atoms with Gasteiger partial charge in [0.2, 0.25) is 0 Å². The standard InChI is InChI=1S/C16H21NO/c1-12(2)15-8-4-5-9-16(15)17-13(3)11-14-7-6-10-18-14/h4-10,12-13,17H,11H2,1-3H3. The number of nitrogens with one attached hydrogen (secondary N) is 1. The first-order valence-electron chi connectivity index (χ1n) is 6.54. The Balaban J connectivity index is 2.04. The lowest BCUT2D eigenvalue weighted by Crippen LogP contribution is -2.18. The minimum Gasteiger partial charge on any atom is -0.469 e. The summed E-state index contributed by atoms with van der Waals surface area (Å²) in [4.78, 5) is 0. The molecule has 0 saturated heterocycles. The normalized spacial score (nSPS) is 12.7. The number of rotatable bonds is 5. The number of hydrogen-bond acceptors (Lipinski definition) is 2. The molecule has 0 aliphatic carbocycles. The third-order valence-electron chi connectivity index (χ3n) is 3.07. The predicted octanol–water partition coefficient (Wildman–Crippen LogP) is 4.45. The molecule has 1 unspecified atom stereocenters. The van der Waals surface area contributed by atoms with Crippen molar-refractivity contribution in [1.82, 2.24) is 0 Å². The molecule has 2 heteroatoms. The second-order valence-corrected chi connectivity index (χ2v) is 5.07. The molecular weight excluding hydrogens is 222 g/mol. The summed E-state index contributed by atoms with van der Waals surface area (Å²) < 4.78 is 5.38. The molecule has 0 amide bonds. The Labute approximate surface area is 109 Å². The van der Waals surface area contributed by atoms with Crippen LogP contribution in [0.4, 0.5) is 5.69 Å². The van der Waals surface area contributed by atoms with Gasteiger partial charge in [-0.1, -0.05) is 32.0 Å². The number of anilines is 1. The average molecular weight is 243 g/mol. The van der Waals surface area contributed by atoms with Gasteiger partial charge in [-0.2, -0.15) is 0 Å². The van der Waals surface area contributed by atoms with Crippen molar-refractivity contribution in [3.05, 3.63) is 54.0 Å². The second kappa shape index (κ2) is 5.76. The molecule has 2 rings (SSSR count). The van der Waals surface area contributed by atoms with E-state index >= 15 is 0 Å². The van der Waals surface area contributed by atoms with Crippen molar-refractivity contribution < 1.29 is 4.42 Å². The summed E-state index contributed by atoms with van der Waals surface area (Å²) in [6, 6.07) is 12.8. The Bertz CT molecular complexity index is 474. The Kier molecular flexibility index (Phi) is 4.08. The van der Waals surface area contributed by atoms with Gasteiger partial charge < -0.3 is 9.73 Å². The first-order chi connectivity index (χ1) is 8.66. The van der Waals surface area contributed by atoms with Crippen LogP contribution in [0.5, 0.6) is 0 Å². The first-order valence-corrected chi connectivity index (χ1v) is 6.54. The van der Waals surface area contributed by atoms with E-state index in [2.05, 4.69) is 50.4 Å². The Hall–Kier alpha value is -1.70. The molecule has 0 bridgehead atoms. The SMILES string of the molecule is CC(Cc1ccco1)Nc1ccccc1C(C)C. The highest BCUT2D eigenvalue weighted by atomic mass is 16.3. The van der Waals surface area contributed by atoms with Gasteiger partial charge >= 0.3 is 0 Å². The number of hydrogen-bond donors (Lipinski definition) is 1. The monoisotopic (exact) mass is 243 g/mol. The summed E-state index contributed by atoms with van der Waals surface area (Å²) >= 11 is 0. The van der Waals surface area contributed by atoms with Gasteiger partial charge in [0.15, 0.2) is 0 Å². The maximum atomic E-state index is 5.38. The van der Waals surface area contributed by atoms with Crippen LogP contribution in [0.25, 0.3) is 0 Å². The molecule has 2 aromatic rings. The van der Waals surface area contributed by atoms with Crippen LogP contribution >= 0.6 is 0 Å². The zero-order valence-corrected chi connectivity index (χ0v) is 11.3. The number of benzene rings is 1. The summed E-state index contributed by atoms with van der Waals surface area (Å²) in [7, 11) is 0. The summed E-state index contributed by atoms with van der Waals surface area (Å²) in [5.74, 6) is 1.56. The molecule has 1 heterocycles. The third-order valence-corrected chi connectivity index (χ3v) is 3.07. The van der Waals surface area contributed by atoms with Crippen LogP contribution in [0.2, 0.25) is 0 Å². The highest BCUT2D eigenvalue weighted by Gasteiger charge is 2.10. The lowest BCUT2D eigenvalue weighted by Gasteiger charge is -2.19. The zero-order valence-electron chi connectivity index (χ0n) is 11.3. The predicted molar refractivity (Wildman–Crippen MR) is 76.0 cm³/mol. The lowest BCUT2D eigenvalue weighted by molar-refractivity contribution is 0.497. The van der Waals surface area contributed by atoms with Crippen LogP contribution in [0.3, 0.4) is 0 Å². The van der Waals surface area contributed by atoms with Gasteiger partial charge in [0.05, 0.1) is 6.26 Å². The molecule has 1 atom stereocenters. The molecule has 0 spiro atoms. The van der Waals surface area contributed by atoms with Crippen molar-refractivity contribution in [3.63, 3.8) is 0 Å². The van der Waals surface area contributed by atoms with Crippen molar-refractivity contribution in [1.29, 1.82) is 0 Å².